The van der Waals surface area contributed by atoms with Crippen molar-refractivity contribution in [3.8, 4) is 0 Å². The summed E-state index contributed by atoms with van der Waals surface area (Å²) in [5.74, 6) is -0.530. The Morgan fingerprint density at radius 2 is 1.47 bits per heavy atom. The predicted octanol–water partition coefficient (Wildman–Crippen LogP) is 6.71. The van der Waals surface area contributed by atoms with Gasteiger partial charge in [0.15, 0.2) is 0 Å². The number of nitrogens with one attached hydrogen (secondary N) is 1. The van der Waals surface area contributed by atoms with Crippen LogP contribution in [0.4, 0.5) is 0 Å². The van der Waals surface area contributed by atoms with Gasteiger partial charge in [0.25, 0.3) is 0 Å². The number of carbonyl (C=O) groups is 2. The zero-order valence-corrected chi connectivity index (χ0v) is 27.4. The van der Waals surface area contributed by atoms with Crippen LogP contribution in [0.2, 0.25) is 0 Å². The lowest BCUT2D eigenvalue weighted by Gasteiger charge is -2.20. The summed E-state index contributed by atoms with van der Waals surface area (Å²) in [5, 5.41) is 43.4. The highest BCUT2D eigenvalue weighted by atomic mass is 16.3. The summed E-state index contributed by atoms with van der Waals surface area (Å²) in [6.07, 6.45) is 25.8. The molecule has 0 spiro atoms. The van der Waals surface area contributed by atoms with Crippen LogP contribution in [0.25, 0.3) is 0 Å². The molecule has 0 bridgehead atoms. The van der Waals surface area contributed by atoms with Crippen LogP contribution in [-0.4, -0.2) is 63.1 Å². The second-order valence-electron chi connectivity index (χ2n) is 12.7. The van der Waals surface area contributed by atoms with Crippen LogP contribution < -0.4 is 5.32 Å². The molecule has 1 aliphatic rings. The Morgan fingerprint density at radius 1 is 0.860 bits per heavy atom. The predicted molar refractivity (Wildman–Crippen MR) is 176 cm³/mol. The lowest BCUT2D eigenvalue weighted by Crippen LogP contribution is -2.45. The van der Waals surface area contributed by atoms with Gasteiger partial charge >= 0.3 is 0 Å². The third-order valence-electron chi connectivity index (χ3n) is 8.82. The Labute approximate surface area is 262 Å². The van der Waals surface area contributed by atoms with E-state index in [1.807, 2.05) is 12.2 Å². The van der Waals surface area contributed by atoms with Crippen molar-refractivity contribution in [3.63, 3.8) is 0 Å². The fourth-order valence-electron chi connectivity index (χ4n) is 6.01. The molecular weight excluding hydrogens is 542 g/mol. The molecule has 1 saturated carbocycles. The van der Waals surface area contributed by atoms with Gasteiger partial charge in [-0.05, 0) is 32.1 Å². The highest BCUT2D eigenvalue weighted by molar-refractivity contribution is 5.84. The monoisotopic (exact) mass is 607 g/mol. The number of Topliss-reactive ketones (excluding diaryl/α,β-unsaturated/α-hetero) is 1. The minimum absolute atomic E-state index is 0.0952. The van der Waals surface area contributed by atoms with Gasteiger partial charge in [-0.3, -0.25) is 9.59 Å². The van der Waals surface area contributed by atoms with E-state index < -0.39 is 24.4 Å². The summed E-state index contributed by atoms with van der Waals surface area (Å²) < 4.78 is 0. The van der Waals surface area contributed by atoms with Crippen molar-refractivity contribution in [1.82, 2.24) is 5.32 Å². The van der Waals surface area contributed by atoms with Gasteiger partial charge in [-0.25, -0.2) is 0 Å². The second kappa shape index (κ2) is 25.8. The Morgan fingerprint density at radius 3 is 2.14 bits per heavy atom. The van der Waals surface area contributed by atoms with E-state index in [0.29, 0.717) is 25.7 Å². The van der Waals surface area contributed by atoms with E-state index in [2.05, 4.69) is 19.2 Å². The molecule has 5 N–H and O–H groups in total. The van der Waals surface area contributed by atoms with Crippen LogP contribution in [0, 0.1) is 11.8 Å². The Bertz CT molecular complexity index is 769. The highest BCUT2D eigenvalue weighted by Crippen LogP contribution is 2.34. The average molecular weight is 608 g/mol. The zero-order chi connectivity index (χ0) is 31.7. The van der Waals surface area contributed by atoms with Crippen molar-refractivity contribution >= 4 is 11.7 Å². The largest absolute Gasteiger partial charge is 0.394 e. The fourth-order valence-corrected chi connectivity index (χ4v) is 6.01. The van der Waals surface area contributed by atoms with Gasteiger partial charge in [0.1, 0.15) is 5.78 Å². The van der Waals surface area contributed by atoms with Gasteiger partial charge in [-0.2, -0.15) is 0 Å². The first kappa shape index (κ1) is 39.5. The van der Waals surface area contributed by atoms with Crippen LogP contribution in [-0.2, 0) is 9.59 Å². The van der Waals surface area contributed by atoms with E-state index in [0.717, 1.165) is 51.4 Å². The number of hydrogen-bond donors (Lipinski definition) is 5. The molecule has 1 fully saturated rings. The molecule has 0 aliphatic heterocycles. The van der Waals surface area contributed by atoms with E-state index in [1.54, 1.807) is 12.2 Å². The summed E-state index contributed by atoms with van der Waals surface area (Å²) in [6.45, 7) is 4.04. The molecule has 1 aliphatic carbocycles. The van der Waals surface area contributed by atoms with Crippen molar-refractivity contribution in [2.45, 2.75) is 173 Å². The zero-order valence-electron chi connectivity index (χ0n) is 27.4. The maximum atomic E-state index is 12.5. The molecule has 0 aromatic heterocycles. The van der Waals surface area contributed by atoms with Gasteiger partial charge in [0.2, 0.25) is 5.91 Å². The van der Waals surface area contributed by atoms with E-state index in [9.17, 15) is 30.0 Å². The Kier molecular flexibility index (Phi) is 23.6. The molecule has 6 atom stereocenters. The standard InChI is InChI=1S/C36H65NO6/c1-3-5-7-8-9-10-11-12-13-14-19-23-33(40)32(28-38)37-36(43)24-20-16-15-18-22-30-31(35(42)27-34(30)41)26-25-29(39)21-17-6-4-2/h19,23,25-26,29-33,35,38-40,42H,3-18,20-22,24,27-28H2,1-2H3,(H,37,43)/b23-19+,26-25+/t29-,30+,31+,32-,33+,35+/m0/s1. The summed E-state index contributed by atoms with van der Waals surface area (Å²) in [4.78, 5) is 24.9. The molecule has 0 radical (unpaired) electrons. The molecule has 0 aromatic carbocycles. The molecule has 0 aromatic rings. The van der Waals surface area contributed by atoms with Crippen molar-refractivity contribution in [2.24, 2.45) is 11.8 Å². The first-order valence-electron chi connectivity index (χ1n) is 17.7. The van der Waals surface area contributed by atoms with Gasteiger partial charge in [-0.15, -0.1) is 0 Å². The third-order valence-corrected chi connectivity index (χ3v) is 8.82. The number of rotatable bonds is 27. The molecule has 0 saturated heterocycles. The smallest absolute Gasteiger partial charge is 0.220 e. The molecule has 0 heterocycles. The Balaban J connectivity index is 2.22. The number of aliphatic hydroxyl groups excluding tert-OH is 4. The molecule has 43 heavy (non-hydrogen) atoms. The lowest BCUT2D eigenvalue weighted by atomic mass is 9.88. The maximum absolute atomic E-state index is 12.5. The first-order chi connectivity index (χ1) is 20.8. The molecule has 7 heteroatoms. The number of ketones is 1. The molecule has 1 rings (SSSR count). The molecule has 1 amide bonds. The van der Waals surface area contributed by atoms with Crippen molar-refractivity contribution in [2.75, 3.05) is 6.61 Å². The van der Waals surface area contributed by atoms with Crippen LogP contribution in [0.3, 0.4) is 0 Å². The van der Waals surface area contributed by atoms with Crippen molar-refractivity contribution < 1.29 is 30.0 Å². The van der Waals surface area contributed by atoms with E-state index in [-0.39, 0.29) is 36.6 Å². The fraction of sp³-hybridized carbons (Fsp3) is 0.833. The van der Waals surface area contributed by atoms with Gasteiger partial charge in [0.05, 0.1) is 31.0 Å². The first-order valence-corrected chi connectivity index (χ1v) is 17.7. The highest BCUT2D eigenvalue weighted by Gasteiger charge is 2.39. The van der Waals surface area contributed by atoms with Crippen molar-refractivity contribution in [3.05, 3.63) is 24.3 Å². The van der Waals surface area contributed by atoms with E-state index in [4.69, 9.17) is 0 Å². The normalized spacial score (nSPS) is 21.2. The quantitative estimate of drug-likeness (QED) is 0.0522. The van der Waals surface area contributed by atoms with Crippen LogP contribution in [0.1, 0.15) is 149 Å². The number of unbranched alkanes of at least 4 members (excludes halogenated alkanes) is 14. The minimum atomic E-state index is -0.911. The number of allylic oxidation sites excluding steroid dienone is 1. The molecule has 250 valence electrons. The molecular formula is C36H65NO6. The second-order valence-corrected chi connectivity index (χ2v) is 12.7. The SMILES string of the molecule is CCCCCCCCCCC/C=C/[C@@H](O)[C@H](CO)NC(=O)CCCCCC[C@H]1C(=O)C[C@@H](O)[C@@H]1/C=C/[C@@H](O)CCCCC. The van der Waals surface area contributed by atoms with Crippen LogP contribution >= 0.6 is 0 Å². The summed E-state index contributed by atoms with van der Waals surface area (Å²) in [6, 6.07) is -0.707. The molecule has 7 nitrogen and oxygen atoms in total. The maximum Gasteiger partial charge on any atom is 0.220 e. The summed E-state index contributed by atoms with van der Waals surface area (Å²) >= 11 is 0. The molecule has 0 unspecified atom stereocenters. The minimum Gasteiger partial charge on any atom is -0.394 e. The van der Waals surface area contributed by atoms with E-state index >= 15 is 0 Å². The summed E-state index contributed by atoms with van der Waals surface area (Å²) in [7, 11) is 0. The van der Waals surface area contributed by atoms with Crippen LogP contribution in [0.5, 0.6) is 0 Å². The Hall–Kier alpha value is -1.54. The van der Waals surface area contributed by atoms with E-state index in [1.165, 1.54) is 51.4 Å². The van der Waals surface area contributed by atoms with Gasteiger partial charge in [0, 0.05) is 24.7 Å². The number of hydrogen-bond acceptors (Lipinski definition) is 6. The number of aliphatic hydroxyl groups is 4. The average Bonchev–Trinajstić information content (AvgIpc) is 3.26. The van der Waals surface area contributed by atoms with Gasteiger partial charge < -0.3 is 25.7 Å². The number of carbonyl (C=O) groups excluding carboxylic acids is 2. The van der Waals surface area contributed by atoms with Gasteiger partial charge in [-0.1, -0.05) is 128 Å². The lowest BCUT2D eigenvalue weighted by molar-refractivity contribution is -0.123. The number of amides is 1. The third kappa shape index (κ3) is 18.8. The van der Waals surface area contributed by atoms with Crippen molar-refractivity contribution in [1.29, 1.82) is 0 Å². The van der Waals surface area contributed by atoms with Crippen LogP contribution in [0.15, 0.2) is 24.3 Å². The topological polar surface area (TPSA) is 127 Å². The summed E-state index contributed by atoms with van der Waals surface area (Å²) in [5.41, 5.74) is 0.